The van der Waals surface area contributed by atoms with Gasteiger partial charge in [0.15, 0.2) is 0 Å². The molecule has 40 heavy (non-hydrogen) atoms. The fraction of sp³-hybridized carbons (Fsp3) is 0.500. The number of benzene rings is 1. The molecule has 0 saturated heterocycles. The largest absolute Gasteiger partial charge is 0.490 e. The van der Waals surface area contributed by atoms with Gasteiger partial charge < -0.3 is 36.2 Å². The third-order valence-electron chi connectivity index (χ3n) is 5.24. The van der Waals surface area contributed by atoms with Crippen molar-refractivity contribution in [1.29, 1.82) is 5.41 Å². The number of hydrogen-bond acceptors (Lipinski definition) is 8. The maximum Gasteiger partial charge on any atom is 0.490 e. The van der Waals surface area contributed by atoms with E-state index >= 15 is 0 Å². The minimum Gasteiger partial charge on any atom is -0.480 e. The molecule has 7 N–H and O–H groups in total. The molecule has 1 aromatic carbocycles. The molecule has 0 fully saturated rings. The number of halogens is 3. The molecule has 2 rings (SSSR count). The third kappa shape index (κ3) is 12.9. The van der Waals surface area contributed by atoms with E-state index in [1.165, 1.54) is 0 Å². The maximum absolute atomic E-state index is 12.2. The number of alkyl halides is 3. The average molecular weight is 576 g/mol. The van der Waals surface area contributed by atoms with Gasteiger partial charge in [-0.3, -0.25) is 10.2 Å². The Kier molecular flexibility index (Phi) is 13.9. The van der Waals surface area contributed by atoms with Crippen LogP contribution >= 0.6 is 0 Å². The van der Waals surface area contributed by atoms with Gasteiger partial charge in [0.2, 0.25) is 5.91 Å². The van der Waals surface area contributed by atoms with E-state index < -0.39 is 42.3 Å². The van der Waals surface area contributed by atoms with Crippen molar-refractivity contribution >= 4 is 35.5 Å². The number of hydrogen-bond donors (Lipinski definition) is 6. The van der Waals surface area contributed by atoms with Crippen molar-refractivity contribution in [3.05, 3.63) is 35.4 Å². The van der Waals surface area contributed by atoms with Gasteiger partial charge in [-0.05, 0) is 12.0 Å². The lowest BCUT2D eigenvalue weighted by atomic mass is 10.0. The molecule has 2 amide bonds. The Morgan fingerprint density at radius 1 is 1.18 bits per heavy atom. The molecule has 0 aliphatic carbocycles. The quantitative estimate of drug-likeness (QED) is 0.115. The molecule has 0 saturated carbocycles. The number of amides is 2. The Bertz CT molecular complexity index is 1060. The van der Waals surface area contributed by atoms with Gasteiger partial charge in [0.1, 0.15) is 18.0 Å². The Hall–Kier alpha value is -4.37. The molecule has 1 unspecified atom stereocenters. The summed E-state index contributed by atoms with van der Waals surface area (Å²) in [4.78, 5) is 49.6. The average Bonchev–Trinajstić information content (AvgIpc) is 3.34. The van der Waals surface area contributed by atoms with Crippen molar-refractivity contribution in [2.24, 2.45) is 10.9 Å². The molecule has 1 aliphatic heterocycles. The lowest BCUT2D eigenvalue weighted by molar-refractivity contribution is -0.192. The summed E-state index contributed by atoms with van der Waals surface area (Å²) in [6.07, 6.45) is -2.29. The Balaban J connectivity index is 0.00000101. The Morgan fingerprint density at radius 3 is 2.33 bits per heavy atom. The van der Waals surface area contributed by atoms with E-state index in [1.807, 2.05) is 0 Å². The zero-order chi connectivity index (χ0) is 30.3. The van der Waals surface area contributed by atoms with E-state index in [0.717, 1.165) is 24.8 Å². The number of carboxylic acid groups (broad SMARTS) is 2. The van der Waals surface area contributed by atoms with Gasteiger partial charge in [-0.25, -0.2) is 14.4 Å². The summed E-state index contributed by atoms with van der Waals surface area (Å²) >= 11 is 0. The van der Waals surface area contributed by atoms with Crippen LogP contribution in [0.5, 0.6) is 0 Å². The number of nitrogen functional groups attached to an aromatic ring is 1. The normalized spacial score (nSPS) is 14.9. The highest BCUT2D eigenvalue weighted by Crippen LogP contribution is 2.19. The van der Waals surface area contributed by atoms with Crippen molar-refractivity contribution < 1.29 is 52.1 Å². The van der Waals surface area contributed by atoms with Crippen LogP contribution in [-0.4, -0.2) is 77.2 Å². The summed E-state index contributed by atoms with van der Waals surface area (Å²) in [6, 6.07) is 5.64. The van der Waals surface area contributed by atoms with Crippen LogP contribution in [0.1, 0.15) is 56.6 Å². The molecule has 1 aromatic rings. The first-order valence-corrected chi connectivity index (χ1v) is 12.1. The predicted molar refractivity (Wildman–Crippen MR) is 135 cm³/mol. The predicted octanol–water partition coefficient (Wildman–Crippen LogP) is 2.36. The van der Waals surface area contributed by atoms with Gasteiger partial charge in [-0.2, -0.15) is 13.2 Å². The van der Waals surface area contributed by atoms with Gasteiger partial charge in [0.25, 0.3) is 0 Å². The van der Waals surface area contributed by atoms with Crippen LogP contribution in [0.3, 0.4) is 0 Å². The van der Waals surface area contributed by atoms with Crippen molar-refractivity contribution in [1.82, 2.24) is 10.6 Å². The second-order valence-corrected chi connectivity index (χ2v) is 8.50. The first-order chi connectivity index (χ1) is 18.7. The third-order valence-corrected chi connectivity index (χ3v) is 5.24. The van der Waals surface area contributed by atoms with Gasteiger partial charge in [-0.15, -0.1) is 0 Å². The SMILES string of the molecule is CCCCCCOC(=O)N[C@@H](CNC(=O)CC1CC(c2ccc(C(=N)N)cc2)=NO1)C(=O)O.O=C(O)C(F)(F)F. The number of carboxylic acids is 2. The number of carbonyl (C=O) groups is 4. The van der Waals surface area contributed by atoms with E-state index in [0.29, 0.717) is 24.1 Å². The number of aliphatic carboxylic acids is 2. The number of alkyl carbamates (subject to hydrolysis) is 1. The summed E-state index contributed by atoms with van der Waals surface area (Å²) in [6.45, 7) is 1.99. The number of amidine groups is 1. The second kappa shape index (κ2) is 16.6. The summed E-state index contributed by atoms with van der Waals surface area (Å²) in [5.41, 5.74) is 7.50. The number of unbranched alkanes of at least 4 members (excludes halogenated alkanes) is 3. The van der Waals surface area contributed by atoms with Crippen molar-refractivity contribution in [2.45, 2.75) is 63.8 Å². The molecule has 0 aromatic heterocycles. The van der Waals surface area contributed by atoms with E-state index in [1.54, 1.807) is 24.3 Å². The van der Waals surface area contributed by atoms with E-state index in [2.05, 4.69) is 22.7 Å². The lowest BCUT2D eigenvalue weighted by Crippen LogP contribution is -2.48. The fourth-order valence-electron chi connectivity index (χ4n) is 3.12. The zero-order valence-electron chi connectivity index (χ0n) is 21.6. The van der Waals surface area contributed by atoms with Gasteiger partial charge in [0.05, 0.1) is 18.7 Å². The molecule has 1 heterocycles. The summed E-state index contributed by atoms with van der Waals surface area (Å²) in [5.74, 6) is -4.50. The number of nitrogens with one attached hydrogen (secondary N) is 3. The highest BCUT2D eigenvalue weighted by molar-refractivity contribution is 6.02. The number of nitrogens with two attached hydrogens (primary N) is 1. The molecule has 13 nitrogen and oxygen atoms in total. The molecule has 1 aliphatic rings. The van der Waals surface area contributed by atoms with Crippen LogP contribution in [-0.2, 0) is 24.0 Å². The molecule has 0 spiro atoms. The van der Waals surface area contributed by atoms with Crippen LogP contribution in [0.25, 0.3) is 0 Å². The van der Waals surface area contributed by atoms with Gasteiger partial charge in [-0.1, -0.05) is 55.6 Å². The number of oxime groups is 1. The topological polar surface area (TPSA) is 213 Å². The lowest BCUT2D eigenvalue weighted by Gasteiger charge is -2.16. The molecule has 222 valence electrons. The van der Waals surface area contributed by atoms with Crippen LogP contribution in [0.15, 0.2) is 29.4 Å². The number of nitrogens with zero attached hydrogens (tertiary/aromatic N) is 1. The highest BCUT2D eigenvalue weighted by atomic mass is 19.4. The highest BCUT2D eigenvalue weighted by Gasteiger charge is 2.38. The van der Waals surface area contributed by atoms with Crippen LogP contribution < -0.4 is 16.4 Å². The minimum absolute atomic E-state index is 0.0211. The monoisotopic (exact) mass is 575 g/mol. The van der Waals surface area contributed by atoms with E-state index in [-0.39, 0.29) is 25.4 Å². The number of ether oxygens (including phenoxy) is 1. The fourth-order valence-corrected chi connectivity index (χ4v) is 3.12. The summed E-state index contributed by atoms with van der Waals surface area (Å²) < 4.78 is 36.7. The van der Waals surface area contributed by atoms with Crippen LogP contribution in [0.4, 0.5) is 18.0 Å². The van der Waals surface area contributed by atoms with Crippen molar-refractivity contribution in [3.63, 3.8) is 0 Å². The molecule has 0 bridgehead atoms. The summed E-state index contributed by atoms with van der Waals surface area (Å²) in [5, 5.41) is 32.6. The standard InChI is InChI=1S/C22H31N5O6.C2HF3O2/c1-2-3-4-5-10-32-22(31)26-18(21(29)30)13-25-19(28)12-16-11-17(27-33-16)14-6-8-15(9-7-14)20(23)24;3-2(4,5)1(6)7/h6-9,16,18H,2-5,10-13H2,1H3,(H3,23,24)(H,25,28)(H,26,31)(H,29,30);(H,6,7)/t16?,18-;/m0./s1. The van der Waals surface area contributed by atoms with Crippen LogP contribution in [0, 0.1) is 5.41 Å². The van der Waals surface area contributed by atoms with Gasteiger partial charge in [0, 0.05) is 18.5 Å². The Labute approximate surface area is 227 Å². The van der Waals surface area contributed by atoms with E-state index in [4.69, 9.17) is 30.6 Å². The number of carbonyl (C=O) groups excluding carboxylic acids is 2. The first-order valence-electron chi connectivity index (χ1n) is 12.1. The minimum atomic E-state index is -5.08. The Morgan fingerprint density at radius 2 is 1.80 bits per heavy atom. The zero-order valence-corrected chi connectivity index (χ0v) is 21.6. The van der Waals surface area contributed by atoms with Crippen molar-refractivity contribution in [2.75, 3.05) is 13.2 Å². The summed E-state index contributed by atoms with van der Waals surface area (Å²) in [7, 11) is 0. The number of rotatable bonds is 13. The maximum atomic E-state index is 12.2. The van der Waals surface area contributed by atoms with Gasteiger partial charge >= 0.3 is 24.2 Å². The molecular formula is C24H32F3N5O8. The second-order valence-electron chi connectivity index (χ2n) is 8.50. The smallest absolute Gasteiger partial charge is 0.480 e. The molecule has 0 radical (unpaired) electrons. The van der Waals surface area contributed by atoms with Crippen molar-refractivity contribution in [3.8, 4) is 0 Å². The molecule has 2 atom stereocenters. The molecule has 16 heteroatoms. The van der Waals surface area contributed by atoms with Crippen LogP contribution in [0.2, 0.25) is 0 Å². The van der Waals surface area contributed by atoms with E-state index in [9.17, 15) is 32.7 Å². The molecular weight excluding hydrogens is 543 g/mol. The first kappa shape index (κ1) is 33.7.